The Balaban J connectivity index is 1.78. The summed E-state index contributed by atoms with van der Waals surface area (Å²) in [5.74, 6) is 0.856. The van der Waals surface area contributed by atoms with Crippen molar-refractivity contribution < 1.29 is 12.8 Å². The highest BCUT2D eigenvalue weighted by Crippen LogP contribution is 2.17. The maximum Gasteiger partial charge on any atom is 0.259 e. The number of sulfonamides is 1. The Morgan fingerprint density at radius 1 is 1.42 bits per heavy atom. The van der Waals surface area contributed by atoms with E-state index in [1.54, 1.807) is 12.3 Å². The summed E-state index contributed by atoms with van der Waals surface area (Å²) in [6.45, 7) is 1.06. The van der Waals surface area contributed by atoms with E-state index in [0.29, 0.717) is 0 Å². The fraction of sp³-hybridized carbons (Fsp3) is 0.417. The zero-order valence-electron chi connectivity index (χ0n) is 10.4. The van der Waals surface area contributed by atoms with E-state index in [1.165, 1.54) is 12.5 Å². The van der Waals surface area contributed by atoms with Crippen LogP contribution < -0.4 is 4.72 Å². The van der Waals surface area contributed by atoms with E-state index in [9.17, 15) is 8.42 Å². The third-order valence-corrected chi connectivity index (χ3v) is 4.48. The Hall–Kier alpha value is -1.60. The number of nitrogens with zero attached hydrogens (tertiary/aromatic N) is 2. The van der Waals surface area contributed by atoms with Crippen LogP contribution in [0.4, 0.5) is 0 Å². The van der Waals surface area contributed by atoms with E-state index in [-0.39, 0.29) is 11.6 Å². The highest BCUT2D eigenvalue weighted by molar-refractivity contribution is 7.89. The molecule has 0 saturated heterocycles. The lowest BCUT2D eigenvalue weighted by Crippen LogP contribution is -2.23. The minimum absolute atomic E-state index is 0.105. The molecule has 2 aromatic rings. The zero-order valence-corrected chi connectivity index (χ0v) is 11.2. The molecular formula is C12H15N3O3S. The van der Waals surface area contributed by atoms with E-state index < -0.39 is 10.0 Å². The lowest BCUT2D eigenvalue weighted by Gasteiger charge is -2.11. The summed E-state index contributed by atoms with van der Waals surface area (Å²) >= 11 is 0. The summed E-state index contributed by atoms with van der Waals surface area (Å²) < 4.78 is 33.6. The number of nitrogens with one attached hydrogen (secondary N) is 1. The van der Waals surface area contributed by atoms with Gasteiger partial charge in [-0.15, -0.1) is 0 Å². The lowest BCUT2D eigenvalue weighted by atomic mass is 10.2. The van der Waals surface area contributed by atoms with Gasteiger partial charge in [0, 0.05) is 31.3 Å². The molecule has 1 aliphatic heterocycles. The monoisotopic (exact) mass is 281 g/mol. The second kappa shape index (κ2) is 4.82. The van der Waals surface area contributed by atoms with Gasteiger partial charge >= 0.3 is 0 Å². The Kier molecular flexibility index (Phi) is 3.16. The molecule has 0 fully saturated rings. The number of rotatable bonds is 4. The molecule has 0 aromatic carbocycles. The van der Waals surface area contributed by atoms with Crippen molar-refractivity contribution in [2.24, 2.45) is 0 Å². The molecule has 0 bridgehead atoms. The van der Waals surface area contributed by atoms with E-state index in [0.717, 1.165) is 37.2 Å². The molecule has 0 amide bonds. The van der Waals surface area contributed by atoms with Crippen LogP contribution in [0.1, 0.15) is 24.2 Å². The minimum Gasteiger partial charge on any atom is -0.472 e. The largest absolute Gasteiger partial charge is 0.472 e. The van der Waals surface area contributed by atoms with Crippen molar-refractivity contribution in [3.05, 3.63) is 36.2 Å². The van der Waals surface area contributed by atoms with Crippen LogP contribution in [-0.4, -0.2) is 18.0 Å². The average Bonchev–Trinajstić information content (AvgIpc) is 3.05. The molecule has 7 heteroatoms. The van der Waals surface area contributed by atoms with E-state index in [4.69, 9.17) is 4.42 Å². The molecule has 3 heterocycles. The smallest absolute Gasteiger partial charge is 0.259 e. The van der Waals surface area contributed by atoms with Crippen molar-refractivity contribution in [1.29, 1.82) is 0 Å². The quantitative estimate of drug-likeness (QED) is 0.916. The third-order valence-electron chi connectivity index (χ3n) is 3.21. The summed E-state index contributed by atoms with van der Waals surface area (Å²) in [6, 6.07) is 1.72. The van der Waals surface area contributed by atoms with Gasteiger partial charge in [-0.2, -0.15) is 0 Å². The highest BCUT2D eigenvalue weighted by atomic mass is 32.2. The van der Waals surface area contributed by atoms with Crippen molar-refractivity contribution in [1.82, 2.24) is 14.3 Å². The predicted molar refractivity (Wildman–Crippen MR) is 67.9 cm³/mol. The Labute approximate surface area is 111 Å². The van der Waals surface area contributed by atoms with Gasteiger partial charge < -0.3 is 8.98 Å². The van der Waals surface area contributed by atoms with Gasteiger partial charge in [-0.25, -0.2) is 18.1 Å². The number of hydrogen-bond acceptors (Lipinski definition) is 4. The van der Waals surface area contributed by atoms with E-state index in [2.05, 4.69) is 9.71 Å². The molecule has 6 nitrogen and oxygen atoms in total. The molecule has 19 heavy (non-hydrogen) atoms. The Morgan fingerprint density at radius 2 is 2.32 bits per heavy atom. The van der Waals surface area contributed by atoms with Gasteiger partial charge in [-0.3, -0.25) is 0 Å². The molecule has 0 radical (unpaired) electrons. The van der Waals surface area contributed by atoms with Gasteiger partial charge in [-0.05, 0) is 18.9 Å². The van der Waals surface area contributed by atoms with Crippen molar-refractivity contribution in [2.75, 3.05) is 0 Å². The molecule has 3 rings (SSSR count). The molecule has 0 saturated carbocycles. The second-order valence-corrected chi connectivity index (χ2v) is 6.32. The highest BCUT2D eigenvalue weighted by Gasteiger charge is 2.21. The van der Waals surface area contributed by atoms with Crippen LogP contribution in [-0.2, 0) is 29.5 Å². The first kappa shape index (κ1) is 12.4. The van der Waals surface area contributed by atoms with Gasteiger partial charge in [0.15, 0.2) is 5.03 Å². The number of imidazole rings is 1. The predicted octanol–water partition coefficient (Wildman–Crippen LogP) is 1.29. The molecule has 0 unspecified atom stereocenters. The SMILES string of the molecule is O=S(=O)(NCc1ccoc1)c1cn2c(n1)CCCC2. The van der Waals surface area contributed by atoms with E-state index in [1.807, 2.05) is 4.57 Å². The molecule has 0 spiro atoms. The van der Waals surface area contributed by atoms with Crippen LogP contribution in [0.25, 0.3) is 0 Å². The maximum absolute atomic E-state index is 12.1. The summed E-state index contributed by atoms with van der Waals surface area (Å²) in [5, 5.41) is 0.105. The zero-order chi connectivity index (χ0) is 13.3. The van der Waals surface area contributed by atoms with Gasteiger partial charge in [0.2, 0.25) is 0 Å². The fourth-order valence-corrected chi connectivity index (χ4v) is 3.16. The normalized spacial score (nSPS) is 15.4. The van der Waals surface area contributed by atoms with E-state index >= 15 is 0 Å². The molecular weight excluding hydrogens is 266 g/mol. The van der Waals surface area contributed by atoms with Crippen LogP contribution in [0.15, 0.2) is 34.2 Å². The lowest BCUT2D eigenvalue weighted by molar-refractivity contribution is 0.522. The van der Waals surface area contributed by atoms with Crippen LogP contribution in [0.2, 0.25) is 0 Å². The number of furan rings is 1. The topological polar surface area (TPSA) is 77.1 Å². The first-order valence-corrected chi connectivity index (χ1v) is 7.70. The number of hydrogen-bond donors (Lipinski definition) is 1. The standard InChI is InChI=1S/C12H15N3O3S/c16-19(17,13-7-10-4-6-18-9-10)12-8-15-5-2-1-3-11(15)14-12/h4,6,8-9,13H,1-3,5,7H2. The summed E-state index contributed by atoms with van der Waals surface area (Å²) in [5.41, 5.74) is 0.785. The van der Waals surface area contributed by atoms with Gasteiger partial charge in [-0.1, -0.05) is 0 Å². The van der Waals surface area contributed by atoms with Crippen LogP contribution in [0.3, 0.4) is 0 Å². The van der Waals surface area contributed by atoms with Crippen molar-refractivity contribution in [3.8, 4) is 0 Å². The molecule has 1 aliphatic rings. The second-order valence-electron chi connectivity index (χ2n) is 4.60. The molecule has 2 aromatic heterocycles. The van der Waals surface area contributed by atoms with Crippen LogP contribution in [0, 0.1) is 0 Å². The molecule has 1 N–H and O–H groups in total. The van der Waals surface area contributed by atoms with Gasteiger partial charge in [0.25, 0.3) is 10.0 Å². The summed E-state index contributed by atoms with van der Waals surface area (Å²) in [4.78, 5) is 4.21. The maximum atomic E-state index is 12.1. The number of aryl methyl sites for hydroxylation is 2. The van der Waals surface area contributed by atoms with Gasteiger partial charge in [0.05, 0.1) is 12.5 Å². The molecule has 102 valence electrons. The Morgan fingerprint density at radius 3 is 3.05 bits per heavy atom. The van der Waals surface area contributed by atoms with Crippen molar-refractivity contribution in [3.63, 3.8) is 0 Å². The summed E-state index contributed by atoms with van der Waals surface area (Å²) in [6.07, 6.45) is 7.63. The van der Waals surface area contributed by atoms with Crippen molar-refractivity contribution >= 4 is 10.0 Å². The van der Waals surface area contributed by atoms with Crippen LogP contribution in [0.5, 0.6) is 0 Å². The first-order chi connectivity index (χ1) is 9.15. The Bertz CT molecular complexity index is 635. The van der Waals surface area contributed by atoms with Gasteiger partial charge in [0.1, 0.15) is 5.82 Å². The number of aromatic nitrogens is 2. The molecule has 0 aliphatic carbocycles. The first-order valence-electron chi connectivity index (χ1n) is 6.22. The third kappa shape index (κ3) is 2.57. The van der Waals surface area contributed by atoms with Crippen molar-refractivity contribution in [2.45, 2.75) is 37.4 Å². The minimum atomic E-state index is -3.55. The summed E-state index contributed by atoms with van der Waals surface area (Å²) in [7, 11) is -3.55. The number of fused-ring (bicyclic) bond motifs is 1. The molecule has 0 atom stereocenters. The van der Waals surface area contributed by atoms with Crippen LogP contribution >= 0.6 is 0 Å². The average molecular weight is 281 g/mol. The fourth-order valence-electron chi connectivity index (χ4n) is 2.16.